The third-order valence-electron chi connectivity index (χ3n) is 3.40. The van der Waals surface area contributed by atoms with Gasteiger partial charge in [0.25, 0.3) is 5.91 Å². The van der Waals surface area contributed by atoms with Gasteiger partial charge in [0.2, 0.25) is 0 Å². The zero-order valence-corrected chi connectivity index (χ0v) is 11.3. The van der Waals surface area contributed by atoms with Gasteiger partial charge in [0.15, 0.2) is 0 Å². The van der Waals surface area contributed by atoms with Gasteiger partial charge >= 0.3 is 6.18 Å². The number of carbonyl (C=O) groups is 1. The summed E-state index contributed by atoms with van der Waals surface area (Å²) in [6, 6.07) is 0.914. The van der Waals surface area contributed by atoms with Gasteiger partial charge in [-0.25, -0.2) is 9.97 Å². The minimum atomic E-state index is -4.42. The SMILES string of the molecule is Cc1nccc(C(=O)N(CC(F)(F)F)[C@@H](C)C2CC2)n1. The molecule has 1 aromatic heterocycles. The van der Waals surface area contributed by atoms with E-state index in [9.17, 15) is 18.0 Å². The van der Waals surface area contributed by atoms with Crippen molar-refractivity contribution in [3.63, 3.8) is 0 Å². The Hall–Kier alpha value is -1.66. The number of nitrogens with zero attached hydrogens (tertiary/aromatic N) is 3. The Labute approximate surface area is 115 Å². The molecule has 0 N–H and O–H groups in total. The van der Waals surface area contributed by atoms with Gasteiger partial charge in [-0.2, -0.15) is 13.2 Å². The molecule has 0 saturated heterocycles. The van der Waals surface area contributed by atoms with Crippen LogP contribution >= 0.6 is 0 Å². The maximum absolute atomic E-state index is 12.7. The lowest BCUT2D eigenvalue weighted by atomic mass is 10.1. The van der Waals surface area contributed by atoms with Crippen LogP contribution in [0.4, 0.5) is 13.2 Å². The monoisotopic (exact) mass is 287 g/mol. The first-order valence-electron chi connectivity index (χ1n) is 6.45. The zero-order valence-electron chi connectivity index (χ0n) is 11.3. The smallest absolute Gasteiger partial charge is 0.325 e. The predicted molar refractivity (Wildman–Crippen MR) is 66.0 cm³/mol. The van der Waals surface area contributed by atoms with Crippen molar-refractivity contribution in [2.24, 2.45) is 5.92 Å². The number of carbonyl (C=O) groups excluding carboxylic acids is 1. The van der Waals surface area contributed by atoms with Gasteiger partial charge in [0.1, 0.15) is 18.1 Å². The largest absolute Gasteiger partial charge is 0.406 e. The normalized spacial score (nSPS) is 16.9. The fraction of sp³-hybridized carbons (Fsp3) is 0.615. The van der Waals surface area contributed by atoms with Crippen LogP contribution in [-0.2, 0) is 0 Å². The second-order valence-electron chi connectivity index (χ2n) is 5.12. The highest BCUT2D eigenvalue weighted by Crippen LogP contribution is 2.36. The van der Waals surface area contributed by atoms with Gasteiger partial charge in [0, 0.05) is 12.2 Å². The molecule has 110 valence electrons. The van der Waals surface area contributed by atoms with E-state index in [1.54, 1.807) is 13.8 Å². The third kappa shape index (κ3) is 3.68. The topological polar surface area (TPSA) is 46.1 Å². The Bertz CT molecular complexity index is 500. The van der Waals surface area contributed by atoms with Gasteiger partial charge < -0.3 is 4.90 Å². The molecular formula is C13H16F3N3O. The van der Waals surface area contributed by atoms with Crippen molar-refractivity contribution in [1.29, 1.82) is 0 Å². The van der Waals surface area contributed by atoms with Gasteiger partial charge in [-0.15, -0.1) is 0 Å². The lowest BCUT2D eigenvalue weighted by Crippen LogP contribution is -2.45. The summed E-state index contributed by atoms with van der Waals surface area (Å²) in [4.78, 5) is 20.9. The molecular weight excluding hydrogens is 271 g/mol. The average Bonchev–Trinajstić information content (AvgIpc) is 3.17. The molecule has 0 bridgehead atoms. The molecule has 1 aromatic rings. The molecule has 0 aromatic carbocycles. The Balaban J connectivity index is 2.23. The van der Waals surface area contributed by atoms with E-state index in [2.05, 4.69) is 9.97 Å². The van der Waals surface area contributed by atoms with E-state index in [0.717, 1.165) is 17.7 Å². The first-order chi connectivity index (χ1) is 9.28. The van der Waals surface area contributed by atoms with E-state index in [0.29, 0.717) is 5.82 Å². The lowest BCUT2D eigenvalue weighted by Gasteiger charge is -2.30. The van der Waals surface area contributed by atoms with Crippen LogP contribution in [0.25, 0.3) is 0 Å². The highest BCUT2D eigenvalue weighted by atomic mass is 19.4. The Morgan fingerprint density at radius 2 is 2.15 bits per heavy atom. The maximum Gasteiger partial charge on any atom is 0.406 e. The van der Waals surface area contributed by atoms with Crippen LogP contribution in [0.1, 0.15) is 36.1 Å². The van der Waals surface area contributed by atoms with Gasteiger partial charge in [-0.1, -0.05) is 0 Å². The molecule has 20 heavy (non-hydrogen) atoms. The summed E-state index contributed by atoms with van der Waals surface area (Å²) in [6.45, 7) is 2.01. The van der Waals surface area contributed by atoms with Crippen molar-refractivity contribution in [3.8, 4) is 0 Å². The number of halogens is 3. The van der Waals surface area contributed by atoms with Crippen LogP contribution < -0.4 is 0 Å². The highest BCUT2D eigenvalue weighted by molar-refractivity contribution is 5.92. The molecule has 0 spiro atoms. The van der Waals surface area contributed by atoms with Crippen molar-refractivity contribution in [1.82, 2.24) is 14.9 Å². The molecule has 2 rings (SSSR count). The van der Waals surface area contributed by atoms with Crippen LogP contribution in [0.3, 0.4) is 0 Å². The van der Waals surface area contributed by atoms with Crippen molar-refractivity contribution < 1.29 is 18.0 Å². The summed E-state index contributed by atoms with van der Waals surface area (Å²) in [5.74, 6) is -0.168. The molecule has 1 amide bonds. The third-order valence-corrected chi connectivity index (χ3v) is 3.40. The molecule has 0 aliphatic heterocycles. The van der Waals surface area contributed by atoms with Crippen LogP contribution in [0, 0.1) is 12.8 Å². The first kappa shape index (κ1) is 14.7. The average molecular weight is 287 g/mol. The number of hydrogen-bond donors (Lipinski definition) is 0. The molecule has 1 aliphatic carbocycles. The fourth-order valence-corrected chi connectivity index (χ4v) is 2.15. The minimum Gasteiger partial charge on any atom is -0.325 e. The van der Waals surface area contributed by atoms with E-state index >= 15 is 0 Å². The second-order valence-corrected chi connectivity index (χ2v) is 5.12. The molecule has 1 aliphatic rings. The predicted octanol–water partition coefficient (Wildman–Crippen LogP) is 2.59. The first-order valence-corrected chi connectivity index (χ1v) is 6.45. The van der Waals surface area contributed by atoms with Crippen LogP contribution in [0.2, 0.25) is 0 Å². The Morgan fingerprint density at radius 3 is 2.65 bits per heavy atom. The number of amides is 1. The highest BCUT2D eigenvalue weighted by Gasteiger charge is 2.41. The minimum absolute atomic E-state index is 0.00856. The summed E-state index contributed by atoms with van der Waals surface area (Å²) in [5.41, 5.74) is 0.00856. The van der Waals surface area contributed by atoms with E-state index in [-0.39, 0.29) is 11.6 Å². The van der Waals surface area contributed by atoms with Crippen LogP contribution in [0.15, 0.2) is 12.3 Å². The molecule has 7 heteroatoms. The Morgan fingerprint density at radius 1 is 1.50 bits per heavy atom. The summed E-state index contributed by atoms with van der Waals surface area (Å²) in [7, 11) is 0. The lowest BCUT2D eigenvalue weighted by molar-refractivity contribution is -0.144. The molecule has 4 nitrogen and oxygen atoms in total. The van der Waals surface area contributed by atoms with E-state index < -0.39 is 24.7 Å². The van der Waals surface area contributed by atoms with Crippen molar-refractivity contribution in [3.05, 3.63) is 23.8 Å². The second kappa shape index (κ2) is 5.38. The molecule has 1 heterocycles. The number of rotatable bonds is 4. The maximum atomic E-state index is 12.7. The summed E-state index contributed by atoms with van der Waals surface area (Å²) in [5, 5.41) is 0. The summed E-state index contributed by atoms with van der Waals surface area (Å²) >= 11 is 0. The van der Waals surface area contributed by atoms with Crippen LogP contribution in [-0.4, -0.2) is 39.5 Å². The number of aryl methyl sites for hydroxylation is 1. The summed E-state index contributed by atoms with van der Waals surface area (Å²) in [6.07, 6.45) is -1.30. The van der Waals surface area contributed by atoms with E-state index in [4.69, 9.17) is 0 Å². The number of hydrogen-bond acceptors (Lipinski definition) is 3. The standard InChI is InChI=1S/C13H16F3N3O/c1-8(10-3-4-10)19(7-13(14,15)16)12(20)11-5-6-17-9(2)18-11/h5-6,8,10H,3-4,7H2,1-2H3/t8-/m0/s1. The van der Waals surface area contributed by atoms with E-state index in [1.165, 1.54) is 12.3 Å². The van der Waals surface area contributed by atoms with Crippen molar-refractivity contribution >= 4 is 5.91 Å². The van der Waals surface area contributed by atoms with E-state index in [1.807, 2.05) is 0 Å². The molecule has 1 atom stereocenters. The molecule has 0 unspecified atom stereocenters. The van der Waals surface area contributed by atoms with Crippen molar-refractivity contribution in [2.45, 2.75) is 38.9 Å². The fourth-order valence-electron chi connectivity index (χ4n) is 2.15. The zero-order chi connectivity index (χ0) is 14.9. The summed E-state index contributed by atoms with van der Waals surface area (Å²) < 4.78 is 38.0. The molecule has 0 radical (unpaired) electrons. The molecule has 1 fully saturated rings. The Kier molecular flexibility index (Phi) is 3.96. The molecule has 1 saturated carbocycles. The van der Waals surface area contributed by atoms with Crippen LogP contribution in [0.5, 0.6) is 0 Å². The van der Waals surface area contributed by atoms with Crippen molar-refractivity contribution in [2.75, 3.05) is 6.54 Å². The van der Waals surface area contributed by atoms with Gasteiger partial charge in [-0.3, -0.25) is 4.79 Å². The quantitative estimate of drug-likeness (QED) is 0.855. The number of alkyl halides is 3. The number of aromatic nitrogens is 2. The van der Waals surface area contributed by atoms with Gasteiger partial charge in [0.05, 0.1) is 0 Å². The van der Waals surface area contributed by atoms with Gasteiger partial charge in [-0.05, 0) is 38.7 Å².